The van der Waals surface area contributed by atoms with Gasteiger partial charge in [-0.15, -0.1) is 13.2 Å². The normalized spacial score (nSPS) is 21.1. The van der Waals surface area contributed by atoms with Gasteiger partial charge in [-0.2, -0.15) is 0 Å². The summed E-state index contributed by atoms with van der Waals surface area (Å²) in [6.07, 6.45) is -1.61. The van der Waals surface area contributed by atoms with Crippen LogP contribution < -0.4 is 4.74 Å². The summed E-state index contributed by atoms with van der Waals surface area (Å²) >= 11 is 0. The summed E-state index contributed by atoms with van der Waals surface area (Å²) in [6.45, 7) is 4.79. The van der Waals surface area contributed by atoms with Crippen LogP contribution in [-0.4, -0.2) is 51.3 Å². The maximum atomic E-state index is 13.9. The molecule has 1 saturated heterocycles. The van der Waals surface area contributed by atoms with Crippen LogP contribution in [0.25, 0.3) is 0 Å². The molecule has 2 heterocycles. The second-order valence-electron chi connectivity index (χ2n) is 10.1. The van der Waals surface area contributed by atoms with Gasteiger partial charge in [-0.1, -0.05) is 24.3 Å². The Labute approximate surface area is 212 Å². The van der Waals surface area contributed by atoms with Crippen LogP contribution >= 0.6 is 0 Å². The van der Waals surface area contributed by atoms with Gasteiger partial charge < -0.3 is 14.2 Å². The van der Waals surface area contributed by atoms with E-state index in [0.29, 0.717) is 47.7 Å². The Balaban J connectivity index is 1.25. The highest BCUT2D eigenvalue weighted by Gasteiger charge is 2.56. The fourth-order valence-electron chi connectivity index (χ4n) is 5.35. The molecule has 5 rings (SSSR count). The Morgan fingerprint density at radius 1 is 1.14 bits per heavy atom. The van der Waals surface area contributed by atoms with E-state index in [-0.39, 0.29) is 24.0 Å². The van der Waals surface area contributed by atoms with Crippen molar-refractivity contribution in [3.05, 3.63) is 83.2 Å². The lowest BCUT2D eigenvalue weighted by Crippen LogP contribution is -2.35. The largest absolute Gasteiger partial charge is 0.573 e. The van der Waals surface area contributed by atoms with E-state index < -0.39 is 6.36 Å². The van der Waals surface area contributed by atoms with Crippen LogP contribution in [0.1, 0.15) is 27.2 Å². The average Bonchev–Trinajstić information content (AvgIpc) is 3.14. The van der Waals surface area contributed by atoms with Crippen molar-refractivity contribution in [2.75, 3.05) is 19.6 Å². The number of halogens is 4. The number of piperidine rings is 1. The lowest BCUT2D eigenvalue weighted by atomic mass is 10.1. The van der Waals surface area contributed by atoms with E-state index in [1.807, 2.05) is 6.07 Å². The first-order valence-corrected chi connectivity index (χ1v) is 12.1. The van der Waals surface area contributed by atoms with Crippen LogP contribution in [0.15, 0.2) is 55.0 Å². The number of aryl methyl sites for hydroxylation is 2. The Hall–Kier alpha value is -3.40. The Bertz CT molecular complexity index is 1280. The first-order chi connectivity index (χ1) is 17.6. The van der Waals surface area contributed by atoms with Crippen molar-refractivity contribution in [2.24, 2.45) is 24.8 Å². The molecule has 1 aliphatic carbocycles. The summed E-state index contributed by atoms with van der Waals surface area (Å²) in [7, 11) is 1.77. The summed E-state index contributed by atoms with van der Waals surface area (Å²) in [4.78, 5) is 21.5. The van der Waals surface area contributed by atoms with E-state index in [1.165, 1.54) is 18.2 Å². The zero-order valence-corrected chi connectivity index (χ0v) is 20.6. The number of likely N-dealkylation sites (tertiary alicyclic amines) is 1. The molecular weight excluding hydrogens is 488 g/mol. The number of fused-ring (bicyclic) bond motifs is 1. The van der Waals surface area contributed by atoms with Crippen molar-refractivity contribution in [2.45, 2.75) is 26.4 Å². The predicted octanol–water partition coefficient (Wildman–Crippen LogP) is 4.79. The quantitative estimate of drug-likeness (QED) is 0.404. The number of alkyl halides is 3. The second kappa shape index (κ2) is 9.81. The highest BCUT2D eigenvalue weighted by atomic mass is 19.4. The number of hydrogen-bond acceptors (Lipinski definition) is 4. The number of ether oxygens (including phenoxy) is 1. The van der Waals surface area contributed by atoms with Crippen molar-refractivity contribution in [3.63, 3.8) is 0 Å². The fraction of sp³-hybridized carbons (Fsp3) is 0.407. The van der Waals surface area contributed by atoms with Gasteiger partial charge >= 0.3 is 6.36 Å². The van der Waals surface area contributed by atoms with Crippen LogP contribution in [-0.2, 0) is 20.1 Å². The maximum Gasteiger partial charge on any atom is 0.573 e. The van der Waals surface area contributed by atoms with E-state index in [2.05, 4.69) is 14.6 Å². The van der Waals surface area contributed by atoms with Gasteiger partial charge in [0.15, 0.2) is 0 Å². The molecule has 37 heavy (non-hydrogen) atoms. The Kier molecular flexibility index (Phi) is 6.70. The van der Waals surface area contributed by atoms with Crippen LogP contribution in [0.2, 0.25) is 0 Å². The maximum absolute atomic E-state index is 13.9. The highest BCUT2D eigenvalue weighted by molar-refractivity contribution is 5.92. The molecule has 2 atom stereocenters. The molecule has 196 valence electrons. The van der Waals surface area contributed by atoms with Gasteiger partial charge in [-0.25, -0.2) is 9.37 Å². The number of carbonyl (C=O) groups excluding carboxylic acids is 1. The number of rotatable bonds is 8. The third kappa shape index (κ3) is 5.95. The SMILES string of the molecule is Cc1ccc(CN2CC3C(C2)C3CN(Cc2cccc(OC(F)(F)F)c2)C(=O)c2cn(C)cn2)cc1F. The first-order valence-electron chi connectivity index (χ1n) is 12.1. The summed E-state index contributed by atoms with van der Waals surface area (Å²) in [6, 6.07) is 11.0. The average molecular weight is 517 g/mol. The van der Waals surface area contributed by atoms with Gasteiger partial charge in [0.05, 0.1) is 6.33 Å². The molecule has 1 aromatic heterocycles. The standard InChI is InChI=1S/C27H28F4N4O2/c1-17-6-7-19(9-24(17)28)10-34-12-21-22(13-34)23(21)14-35(26(36)25-15-33(2)16-32-25)11-18-4-3-5-20(8-18)37-27(29,30)31/h3-9,15-16,21-23H,10-14H2,1-2H3. The molecule has 2 fully saturated rings. The fourth-order valence-corrected chi connectivity index (χ4v) is 5.35. The topological polar surface area (TPSA) is 50.6 Å². The van der Waals surface area contributed by atoms with Gasteiger partial charge in [-0.3, -0.25) is 9.69 Å². The van der Waals surface area contributed by atoms with E-state index in [4.69, 9.17) is 0 Å². The number of carbonyl (C=O) groups is 1. The van der Waals surface area contributed by atoms with Crippen molar-refractivity contribution in [3.8, 4) is 5.75 Å². The van der Waals surface area contributed by atoms with Crippen molar-refractivity contribution >= 4 is 5.91 Å². The van der Waals surface area contributed by atoms with Gasteiger partial charge in [0.1, 0.15) is 17.3 Å². The first kappa shape index (κ1) is 25.3. The van der Waals surface area contributed by atoms with E-state index in [0.717, 1.165) is 18.7 Å². The van der Waals surface area contributed by atoms with Crippen LogP contribution in [0.5, 0.6) is 5.75 Å². The molecule has 0 bridgehead atoms. The highest BCUT2D eigenvalue weighted by Crippen LogP contribution is 2.52. The summed E-state index contributed by atoms with van der Waals surface area (Å²) < 4.78 is 57.7. The third-order valence-corrected chi connectivity index (χ3v) is 7.24. The van der Waals surface area contributed by atoms with Crippen molar-refractivity contribution in [1.29, 1.82) is 0 Å². The molecule has 1 aliphatic heterocycles. The zero-order chi connectivity index (χ0) is 26.3. The minimum absolute atomic E-state index is 0.146. The molecule has 2 unspecified atom stereocenters. The molecule has 6 nitrogen and oxygen atoms in total. The molecule has 10 heteroatoms. The predicted molar refractivity (Wildman–Crippen MR) is 128 cm³/mol. The van der Waals surface area contributed by atoms with Crippen molar-refractivity contribution < 1.29 is 27.1 Å². The van der Waals surface area contributed by atoms with E-state index >= 15 is 0 Å². The lowest BCUT2D eigenvalue weighted by molar-refractivity contribution is -0.274. The smallest absolute Gasteiger partial charge is 0.406 e. The van der Waals surface area contributed by atoms with Gasteiger partial charge in [0.2, 0.25) is 0 Å². The van der Waals surface area contributed by atoms with Crippen LogP contribution in [0.4, 0.5) is 17.6 Å². The summed E-state index contributed by atoms with van der Waals surface area (Å²) in [5.74, 6) is 0.367. The van der Waals surface area contributed by atoms with E-state index in [9.17, 15) is 22.4 Å². The number of imidazole rings is 1. The number of amides is 1. The molecule has 0 N–H and O–H groups in total. The molecule has 0 radical (unpaired) electrons. The zero-order valence-electron chi connectivity index (χ0n) is 20.6. The van der Waals surface area contributed by atoms with Crippen LogP contribution in [0, 0.1) is 30.5 Å². The minimum Gasteiger partial charge on any atom is -0.406 e. The van der Waals surface area contributed by atoms with Crippen LogP contribution in [0.3, 0.4) is 0 Å². The molecule has 2 aromatic carbocycles. The minimum atomic E-state index is -4.79. The summed E-state index contributed by atoms with van der Waals surface area (Å²) in [5.41, 5.74) is 2.40. The number of nitrogens with zero attached hydrogens (tertiary/aromatic N) is 4. The molecule has 2 aliphatic rings. The number of aromatic nitrogens is 2. The van der Waals surface area contributed by atoms with Gasteiger partial charge in [0.25, 0.3) is 5.91 Å². The third-order valence-electron chi connectivity index (χ3n) is 7.24. The number of benzene rings is 2. The second-order valence-corrected chi connectivity index (χ2v) is 10.1. The van der Waals surface area contributed by atoms with E-state index in [1.54, 1.807) is 54.2 Å². The van der Waals surface area contributed by atoms with Gasteiger partial charge in [-0.05, 0) is 59.6 Å². The monoisotopic (exact) mass is 516 g/mol. The Morgan fingerprint density at radius 3 is 2.54 bits per heavy atom. The molecule has 0 spiro atoms. The molecule has 3 aromatic rings. The van der Waals surface area contributed by atoms with Crippen molar-refractivity contribution in [1.82, 2.24) is 19.4 Å². The molecule has 1 saturated carbocycles. The number of hydrogen-bond donors (Lipinski definition) is 0. The molecule has 1 amide bonds. The lowest BCUT2D eigenvalue weighted by Gasteiger charge is -2.25. The molecular formula is C27H28F4N4O2. The van der Waals surface area contributed by atoms with Gasteiger partial charge in [0, 0.05) is 46.0 Å². The summed E-state index contributed by atoms with van der Waals surface area (Å²) in [5, 5.41) is 0. The Morgan fingerprint density at radius 2 is 1.89 bits per heavy atom.